The lowest BCUT2D eigenvalue weighted by atomic mass is 9.79. The summed E-state index contributed by atoms with van der Waals surface area (Å²) in [7, 11) is 0. The second-order valence-corrected chi connectivity index (χ2v) is 4.26. The van der Waals surface area contributed by atoms with Crippen LogP contribution in [0.3, 0.4) is 0 Å². The van der Waals surface area contributed by atoms with Crippen LogP contribution in [-0.4, -0.2) is 25.7 Å². The summed E-state index contributed by atoms with van der Waals surface area (Å²) in [4.78, 5) is 11.7. The lowest BCUT2D eigenvalue weighted by molar-refractivity contribution is -0.151. The van der Waals surface area contributed by atoms with E-state index in [1.165, 1.54) is 0 Å². The number of rotatable bonds is 3. The van der Waals surface area contributed by atoms with Crippen LogP contribution in [0.5, 0.6) is 0 Å². The molecule has 0 aromatic heterocycles. The van der Waals surface area contributed by atoms with E-state index in [4.69, 9.17) is 4.74 Å². The van der Waals surface area contributed by atoms with Crippen LogP contribution < -0.4 is 5.32 Å². The second kappa shape index (κ2) is 5.35. The zero-order chi connectivity index (χ0) is 10.6. The molecule has 0 radical (unpaired) electrons. The Morgan fingerprint density at radius 1 is 1.57 bits per heavy atom. The minimum atomic E-state index is -0.00676. The molecule has 0 amide bonds. The Bertz CT molecular complexity index is 192. The number of hydrogen-bond donors (Lipinski definition) is 1. The third-order valence-corrected chi connectivity index (χ3v) is 2.97. The highest BCUT2D eigenvalue weighted by atomic mass is 16.5. The number of nitrogens with one attached hydrogen (secondary N) is 1. The predicted molar refractivity (Wildman–Crippen MR) is 55.9 cm³/mol. The molecule has 1 aliphatic rings. The first-order valence-electron chi connectivity index (χ1n) is 5.54. The van der Waals surface area contributed by atoms with E-state index in [0.717, 1.165) is 19.5 Å². The Hall–Kier alpha value is -0.570. The van der Waals surface area contributed by atoms with Gasteiger partial charge in [0, 0.05) is 0 Å². The van der Waals surface area contributed by atoms with Crippen molar-refractivity contribution in [1.82, 2.24) is 5.32 Å². The molecule has 0 aromatic carbocycles. The largest absolute Gasteiger partial charge is 0.466 e. The quantitative estimate of drug-likeness (QED) is 0.699. The van der Waals surface area contributed by atoms with Crippen LogP contribution in [0.2, 0.25) is 0 Å². The molecule has 1 N–H and O–H groups in total. The van der Waals surface area contributed by atoms with Gasteiger partial charge >= 0.3 is 5.97 Å². The molecule has 1 aliphatic heterocycles. The molecular weight excluding hydrogens is 178 g/mol. The molecule has 14 heavy (non-hydrogen) atoms. The summed E-state index contributed by atoms with van der Waals surface area (Å²) in [6, 6.07) is 0. The van der Waals surface area contributed by atoms with Crippen LogP contribution in [0.15, 0.2) is 0 Å². The first-order chi connectivity index (χ1) is 6.66. The highest BCUT2D eigenvalue weighted by molar-refractivity contribution is 5.73. The maximum absolute atomic E-state index is 11.7. The number of esters is 1. The van der Waals surface area contributed by atoms with Crippen LogP contribution in [0, 0.1) is 17.8 Å². The van der Waals surface area contributed by atoms with Gasteiger partial charge in [-0.3, -0.25) is 4.79 Å². The molecule has 0 spiro atoms. The Kier molecular flexibility index (Phi) is 4.39. The highest BCUT2D eigenvalue weighted by Gasteiger charge is 2.33. The molecule has 0 aromatic rings. The Balaban J connectivity index is 2.57. The van der Waals surface area contributed by atoms with Gasteiger partial charge in [0.25, 0.3) is 0 Å². The number of piperidine rings is 1. The smallest absolute Gasteiger partial charge is 0.309 e. The molecule has 0 saturated carbocycles. The summed E-state index contributed by atoms with van der Waals surface area (Å²) in [6.45, 7) is 8.58. The predicted octanol–water partition coefficient (Wildman–Crippen LogP) is 1.43. The van der Waals surface area contributed by atoms with E-state index in [2.05, 4.69) is 19.2 Å². The number of hydrogen-bond acceptors (Lipinski definition) is 3. The molecule has 1 rings (SSSR count). The van der Waals surface area contributed by atoms with Crippen LogP contribution >= 0.6 is 0 Å². The van der Waals surface area contributed by atoms with Gasteiger partial charge < -0.3 is 10.1 Å². The number of ether oxygens (including phenoxy) is 1. The average Bonchev–Trinajstić information content (AvgIpc) is 2.18. The third kappa shape index (κ3) is 2.71. The van der Waals surface area contributed by atoms with Crippen molar-refractivity contribution in [1.29, 1.82) is 0 Å². The summed E-state index contributed by atoms with van der Waals surface area (Å²) < 4.78 is 5.10. The van der Waals surface area contributed by atoms with Crippen LogP contribution in [-0.2, 0) is 9.53 Å². The van der Waals surface area contributed by atoms with E-state index in [9.17, 15) is 4.79 Å². The maximum atomic E-state index is 11.7. The molecule has 3 heteroatoms. The summed E-state index contributed by atoms with van der Waals surface area (Å²) in [5, 5.41) is 3.34. The highest BCUT2D eigenvalue weighted by Crippen LogP contribution is 2.27. The maximum Gasteiger partial charge on any atom is 0.309 e. The molecule has 3 nitrogen and oxygen atoms in total. The van der Waals surface area contributed by atoms with Crippen molar-refractivity contribution in [3.63, 3.8) is 0 Å². The number of carbonyl (C=O) groups is 1. The normalized spacial score (nSPS) is 27.7. The van der Waals surface area contributed by atoms with Gasteiger partial charge in [-0.15, -0.1) is 0 Å². The monoisotopic (exact) mass is 199 g/mol. The molecular formula is C11H21NO2. The van der Waals surface area contributed by atoms with Gasteiger partial charge in [0.1, 0.15) is 0 Å². The third-order valence-electron chi connectivity index (χ3n) is 2.97. The summed E-state index contributed by atoms with van der Waals surface area (Å²) in [6.07, 6.45) is 0.918. The Morgan fingerprint density at radius 3 is 2.86 bits per heavy atom. The van der Waals surface area contributed by atoms with Crippen LogP contribution in [0.25, 0.3) is 0 Å². The van der Waals surface area contributed by atoms with Gasteiger partial charge in [0.2, 0.25) is 0 Å². The van der Waals surface area contributed by atoms with Crippen molar-refractivity contribution in [3.05, 3.63) is 0 Å². The van der Waals surface area contributed by atoms with Gasteiger partial charge in [-0.25, -0.2) is 0 Å². The minimum absolute atomic E-state index is 0.00676. The topological polar surface area (TPSA) is 38.3 Å². The van der Waals surface area contributed by atoms with E-state index in [-0.39, 0.29) is 11.9 Å². The lowest BCUT2D eigenvalue weighted by Crippen LogP contribution is -2.43. The fourth-order valence-corrected chi connectivity index (χ4v) is 2.12. The molecule has 1 saturated heterocycles. The molecule has 2 atom stereocenters. The Labute approximate surface area is 86.2 Å². The van der Waals surface area contributed by atoms with E-state index >= 15 is 0 Å². The van der Waals surface area contributed by atoms with Crippen molar-refractivity contribution in [3.8, 4) is 0 Å². The van der Waals surface area contributed by atoms with Gasteiger partial charge in [-0.1, -0.05) is 13.8 Å². The van der Waals surface area contributed by atoms with Gasteiger partial charge in [-0.2, -0.15) is 0 Å². The van der Waals surface area contributed by atoms with Crippen molar-refractivity contribution < 1.29 is 9.53 Å². The second-order valence-electron chi connectivity index (χ2n) is 4.26. The number of carbonyl (C=O) groups excluding carboxylic acids is 1. The first kappa shape index (κ1) is 11.5. The minimum Gasteiger partial charge on any atom is -0.466 e. The fraction of sp³-hybridized carbons (Fsp3) is 0.909. The van der Waals surface area contributed by atoms with Crippen molar-refractivity contribution >= 4 is 5.97 Å². The zero-order valence-electron chi connectivity index (χ0n) is 9.38. The van der Waals surface area contributed by atoms with Gasteiger partial charge in [0.05, 0.1) is 12.5 Å². The summed E-state index contributed by atoms with van der Waals surface area (Å²) >= 11 is 0. The van der Waals surface area contributed by atoms with Crippen molar-refractivity contribution in [2.75, 3.05) is 19.7 Å². The Morgan fingerprint density at radius 2 is 2.29 bits per heavy atom. The van der Waals surface area contributed by atoms with Crippen LogP contribution in [0.4, 0.5) is 0 Å². The fourth-order valence-electron chi connectivity index (χ4n) is 2.12. The van der Waals surface area contributed by atoms with E-state index < -0.39 is 0 Å². The molecule has 82 valence electrons. The summed E-state index contributed by atoms with van der Waals surface area (Å²) in [5.41, 5.74) is 0. The molecule has 0 bridgehead atoms. The first-order valence-corrected chi connectivity index (χ1v) is 5.54. The van der Waals surface area contributed by atoms with Gasteiger partial charge in [0.15, 0.2) is 0 Å². The van der Waals surface area contributed by atoms with Crippen molar-refractivity contribution in [2.24, 2.45) is 17.8 Å². The van der Waals surface area contributed by atoms with Crippen LogP contribution in [0.1, 0.15) is 27.2 Å². The molecule has 0 aliphatic carbocycles. The van der Waals surface area contributed by atoms with E-state index in [0.29, 0.717) is 18.4 Å². The van der Waals surface area contributed by atoms with E-state index in [1.807, 2.05) is 6.92 Å². The lowest BCUT2D eigenvalue weighted by Gasteiger charge is -2.33. The molecule has 1 fully saturated rings. The average molecular weight is 199 g/mol. The zero-order valence-corrected chi connectivity index (χ0v) is 9.38. The summed E-state index contributed by atoms with van der Waals surface area (Å²) in [5.74, 6) is 1.07. The molecule has 0 unspecified atom stereocenters. The van der Waals surface area contributed by atoms with Crippen molar-refractivity contribution in [2.45, 2.75) is 27.2 Å². The van der Waals surface area contributed by atoms with Gasteiger partial charge in [-0.05, 0) is 38.3 Å². The molecule has 1 heterocycles. The standard InChI is InChI=1S/C11H21NO2/c1-4-14-11(13)9-5-6-12-7-10(9)8(2)3/h8-10,12H,4-7H2,1-3H3/t9-,10-/m1/s1. The SMILES string of the molecule is CCOC(=O)[C@@H]1CCNC[C@@H]1C(C)C. The van der Waals surface area contributed by atoms with E-state index in [1.54, 1.807) is 0 Å².